The Morgan fingerprint density at radius 3 is 1.97 bits per heavy atom. The molecule has 1 aromatic heterocycles. The SMILES string of the molecule is OCC1CN(c2ccc(-c3ccc(OCc4ccccc4)nc3OCc3ccccc3)cc2)C1. The van der Waals surface area contributed by atoms with Gasteiger partial charge in [-0.25, -0.2) is 0 Å². The predicted molar refractivity (Wildman–Crippen MR) is 134 cm³/mol. The molecular weight excluding hydrogens is 424 g/mol. The Balaban J connectivity index is 1.36. The summed E-state index contributed by atoms with van der Waals surface area (Å²) in [5.41, 5.74) is 5.29. The molecule has 0 atom stereocenters. The standard InChI is InChI=1S/C29H28N2O3/c32-19-24-17-31(18-24)26-13-11-25(12-14-26)27-15-16-28(33-20-22-7-3-1-4-8-22)30-29(27)34-21-23-9-5-2-6-10-23/h1-16,24,32H,17-21H2. The van der Waals surface area contributed by atoms with Crippen LogP contribution >= 0.6 is 0 Å². The summed E-state index contributed by atoms with van der Waals surface area (Å²) in [6.07, 6.45) is 0. The fourth-order valence-electron chi connectivity index (χ4n) is 4.04. The summed E-state index contributed by atoms with van der Waals surface area (Å²) in [7, 11) is 0. The van der Waals surface area contributed by atoms with Crippen LogP contribution in [0.2, 0.25) is 0 Å². The van der Waals surface area contributed by atoms with E-state index in [0.29, 0.717) is 30.9 Å². The molecule has 5 heteroatoms. The molecule has 0 saturated carbocycles. The molecule has 1 fully saturated rings. The topological polar surface area (TPSA) is 54.8 Å². The lowest BCUT2D eigenvalue weighted by atomic mass is 9.99. The number of anilines is 1. The lowest BCUT2D eigenvalue weighted by Crippen LogP contribution is -2.48. The second-order valence-electron chi connectivity index (χ2n) is 8.55. The number of rotatable bonds is 9. The lowest BCUT2D eigenvalue weighted by molar-refractivity contribution is 0.201. The minimum atomic E-state index is 0.251. The quantitative estimate of drug-likeness (QED) is 0.372. The van der Waals surface area contributed by atoms with Crippen molar-refractivity contribution < 1.29 is 14.6 Å². The highest BCUT2D eigenvalue weighted by atomic mass is 16.5. The van der Waals surface area contributed by atoms with E-state index < -0.39 is 0 Å². The molecule has 0 aliphatic carbocycles. The van der Waals surface area contributed by atoms with Gasteiger partial charge in [0.1, 0.15) is 13.2 Å². The van der Waals surface area contributed by atoms with Crippen molar-refractivity contribution in [1.82, 2.24) is 4.98 Å². The first-order valence-electron chi connectivity index (χ1n) is 11.6. The van der Waals surface area contributed by atoms with Crippen molar-refractivity contribution in [3.05, 3.63) is 108 Å². The molecule has 1 aliphatic rings. The van der Waals surface area contributed by atoms with E-state index in [1.807, 2.05) is 72.8 Å². The Bertz CT molecular complexity index is 1190. The van der Waals surface area contributed by atoms with Crippen molar-refractivity contribution in [2.75, 3.05) is 24.6 Å². The van der Waals surface area contributed by atoms with E-state index in [4.69, 9.17) is 14.5 Å². The molecule has 0 bridgehead atoms. The number of aromatic nitrogens is 1. The molecule has 4 aromatic rings. The smallest absolute Gasteiger partial charge is 0.225 e. The van der Waals surface area contributed by atoms with Crippen LogP contribution in [0.25, 0.3) is 11.1 Å². The summed E-state index contributed by atoms with van der Waals surface area (Å²) >= 11 is 0. The molecule has 172 valence electrons. The maximum atomic E-state index is 9.27. The highest BCUT2D eigenvalue weighted by Gasteiger charge is 2.26. The molecule has 0 amide bonds. The summed E-state index contributed by atoms with van der Waals surface area (Å²) in [4.78, 5) is 6.98. The second kappa shape index (κ2) is 10.4. The van der Waals surface area contributed by atoms with Crippen LogP contribution < -0.4 is 14.4 Å². The van der Waals surface area contributed by atoms with Crippen molar-refractivity contribution in [2.24, 2.45) is 5.92 Å². The lowest BCUT2D eigenvalue weighted by Gasteiger charge is -2.40. The maximum absolute atomic E-state index is 9.27. The van der Waals surface area contributed by atoms with E-state index >= 15 is 0 Å². The van der Waals surface area contributed by atoms with Gasteiger partial charge in [-0.3, -0.25) is 0 Å². The van der Waals surface area contributed by atoms with Gasteiger partial charge in [0.25, 0.3) is 0 Å². The number of hydrogen-bond donors (Lipinski definition) is 1. The summed E-state index contributed by atoms with van der Waals surface area (Å²) in [6.45, 7) is 2.93. The van der Waals surface area contributed by atoms with E-state index in [9.17, 15) is 5.11 Å². The first kappa shape index (κ1) is 22.0. The molecule has 3 aromatic carbocycles. The van der Waals surface area contributed by atoms with E-state index in [1.165, 1.54) is 0 Å². The average molecular weight is 453 g/mol. The Kier molecular flexibility index (Phi) is 6.73. The summed E-state index contributed by atoms with van der Waals surface area (Å²) in [5, 5.41) is 9.27. The van der Waals surface area contributed by atoms with Gasteiger partial charge in [0, 0.05) is 42.9 Å². The van der Waals surface area contributed by atoms with Gasteiger partial charge in [-0.15, -0.1) is 0 Å². The van der Waals surface area contributed by atoms with Crippen LogP contribution in [-0.4, -0.2) is 29.8 Å². The van der Waals surface area contributed by atoms with Crippen molar-refractivity contribution in [2.45, 2.75) is 13.2 Å². The Labute approximate surface area is 200 Å². The predicted octanol–water partition coefficient (Wildman–Crippen LogP) is 5.34. The number of ether oxygens (including phenoxy) is 2. The molecule has 1 saturated heterocycles. The van der Waals surface area contributed by atoms with Crippen molar-refractivity contribution >= 4 is 5.69 Å². The van der Waals surface area contributed by atoms with Crippen LogP contribution in [0.3, 0.4) is 0 Å². The third kappa shape index (κ3) is 5.21. The van der Waals surface area contributed by atoms with E-state index in [1.54, 1.807) is 0 Å². The summed E-state index contributed by atoms with van der Waals surface area (Å²) < 4.78 is 12.1. The summed E-state index contributed by atoms with van der Waals surface area (Å²) in [6, 6.07) is 32.4. The third-order valence-corrected chi connectivity index (χ3v) is 6.04. The molecule has 34 heavy (non-hydrogen) atoms. The molecule has 5 rings (SSSR count). The highest BCUT2D eigenvalue weighted by molar-refractivity contribution is 5.71. The van der Waals surface area contributed by atoms with Gasteiger partial charge in [-0.1, -0.05) is 72.8 Å². The number of aliphatic hydroxyl groups excluding tert-OH is 1. The van der Waals surface area contributed by atoms with Gasteiger partial charge in [0.2, 0.25) is 11.8 Å². The highest BCUT2D eigenvalue weighted by Crippen LogP contribution is 2.33. The van der Waals surface area contributed by atoms with Gasteiger partial charge in [-0.05, 0) is 34.9 Å². The van der Waals surface area contributed by atoms with E-state index in [2.05, 4.69) is 29.2 Å². The fourth-order valence-corrected chi connectivity index (χ4v) is 4.04. The molecule has 0 spiro atoms. The molecule has 5 nitrogen and oxygen atoms in total. The molecule has 2 heterocycles. The Morgan fingerprint density at radius 2 is 1.35 bits per heavy atom. The zero-order valence-corrected chi connectivity index (χ0v) is 19.0. The van der Waals surface area contributed by atoms with Crippen LogP contribution in [0, 0.1) is 5.92 Å². The van der Waals surface area contributed by atoms with Crippen molar-refractivity contribution in [1.29, 1.82) is 0 Å². The van der Waals surface area contributed by atoms with Gasteiger partial charge in [0.15, 0.2) is 0 Å². The maximum Gasteiger partial charge on any atom is 0.225 e. The number of nitrogens with zero attached hydrogens (tertiary/aromatic N) is 2. The number of hydrogen-bond acceptors (Lipinski definition) is 5. The number of benzene rings is 3. The monoisotopic (exact) mass is 452 g/mol. The minimum Gasteiger partial charge on any atom is -0.473 e. The van der Waals surface area contributed by atoms with Gasteiger partial charge in [-0.2, -0.15) is 4.98 Å². The molecular formula is C29H28N2O3. The molecule has 1 N–H and O–H groups in total. The second-order valence-corrected chi connectivity index (χ2v) is 8.55. The Hall–Kier alpha value is -3.83. The van der Waals surface area contributed by atoms with E-state index in [0.717, 1.165) is 41.0 Å². The number of aliphatic hydroxyl groups is 1. The van der Waals surface area contributed by atoms with Crippen molar-refractivity contribution in [3.63, 3.8) is 0 Å². The third-order valence-electron chi connectivity index (χ3n) is 6.04. The van der Waals surface area contributed by atoms with Gasteiger partial charge >= 0.3 is 0 Å². The normalized spacial score (nSPS) is 13.4. The fraction of sp³-hybridized carbons (Fsp3) is 0.207. The van der Waals surface area contributed by atoms with E-state index in [-0.39, 0.29) is 6.61 Å². The first-order valence-corrected chi connectivity index (χ1v) is 11.6. The van der Waals surface area contributed by atoms with Gasteiger partial charge < -0.3 is 19.5 Å². The molecule has 0 radical (unpaired) electrons. The van der Waals surface area contributed by atoms with Crippen LogP contribution in [-0.2, 0) is 13.2 Å². The van der Waals surface area contributed by atoms with Crippen molar-refractivity contribution in [3.8, 4) is 22.9 Å². The Morgan fingerprint density at radius 1 is 0.735 bits per heavy atom. The van der Waals surface area contributed by atoms with Crippen LogP contribution in [0.15, 0.2) is 97.1 Å². The zero-order valence-electron chi connectivity index (χ0n) is 19.0. The van der Waals surface area contributed by atoms with Crippen LogP contribution in [0.1, 0.15) is 11.1 Å². The zero-order chi connectivity index (χ0) is 23.2. The largest absolute Gasteiger partial charge is 0.473 e. The molecule has 0 unspecified atom stereocenters. The first-order chi connectivity index (χ1) is 16.8. The number of pyridine rings is 1. The molecule has 1 aliphatic heterocycles. The average Bonchev–Trinajstić information content (AvgIpc) is 2.87. The van der Waals surface area contributed by atoms with Gasteiger partial charge in [0.05, 0.1) is 0 Å². The summed E-state index contributed by atoms with van der Waals surface area (Å²) in [5.74, 6) is 1.46. The van der Waals surface area contributed by atoms with Crippen LogP contribution in [0.5, 0.6) is 11.8 Å². The minimum absolute atomic E-state index is 0.251. The van der Waals surface area contributed by atoms with Crippen LogP contribution in [0.4, 0.5) is 5.69 Å².